The highest BCUT2D eigenvalue weighted by molar-refractivity contribution is 6.00. The highest BCUT2D eigenvalue weighted by Gasteiger charge is 2.48. The van der Waals surface area contributed by atoms with Gasteiger partial charge in [-0.3, -0.25) is 9.59 Å². The second-order valence-corrected chi connectivity index (χ2v) is 7.58. The fraction of sp³-hybridized carbons (Fsp3) is 0.348. The molecule has 0 spiro atoms. The molecule has 0 saturated carbocycles. The maximum absolute atomic E-state index is 13.3. The molecule has 2 amide bonds. The van der Waals surface area contributed by atoms with E-state index in [1.807, 2.05) is 19.9 Å². The molecule has 29 heavy (non-hydrogen) atoms. The van der Waals surface area contributed by atoms with Gasteiger partial charge in [-0.25, -0.2) is 4.39 Å². The predicted molar refractivity (Wildman–Crippen MR) is 107 cm³/mol. The number of rotatable bonds is 5. The number of nitrogens with one attached hydrogen (secondary N) is 1. The van der Waals surface area contributed by atoms with Crippen LogP contribution in [0.3, 0.4) is 0 Å². The van der Waals surface area contributed by atoms with Crippen molar-refractivity contribution in [2.24, 2.45) is 0 Å². The highest BCUT2D eigenvalue weighted by atomic mass is 19.1. The van der Waals surface area contributed by atoms with Crippen molar-refractivity contribution in [2.45, 2.75) is 44.7 Å². The number of hydrogen-bond donors (Lipinski definition) is 1. The van der Waals surface area contributed by atoms with E-state index in [4.69, 9.17) is 0 Å². The van der Waals surface area contributed by atoms with Crippen molar-refractivity contribution >= 4 is 11.8 Å². The van der Waals surface area contributed by atoms with Gasteiger partial charge in [-0.2, -0.15) is 5.26 Å². The molecule has 2 aromatic carbocycles. The Morgan fingerprint density at radius 1 is 1.21 bits per heavy atom. The average molecular weight is 393 g/mol. The summed E-state index contributed by atoms with van der Waals surface area (Å²) in [6.45, 7) is 3.74. The van der Waals surface area contributed by atoms with E-state index in [2.05, 4.69) is 11.4 Å². The predicted octanol–water partition coefficient (Wildman–Crippen LogP) is 2.90. The summed E-state index contributed by atoms with van der Waals surface area (Å²) in [5.74, 6) is -0.772. The number of carbonyl (C=O) groups is 2. The van der Waals surface area contributed by atoms with E-state index in [0.717, 1.165) is 16.7 Å². The third-order valence-corrected chi connectivity index (χ3v) is 5.81. The lowest BCUT2D eigenvalue weighted by molar-refractivity contribution is -0.153. The van der Waals surface area contributed by atoms with Crippen LogP contribution in [-0.4, -0.2) is 35.3 Å². The molecule has 1 aliphatic rings. The summed E-state index contributed by atoms with van der Waals surface area (Å²) in [6.07, 6.45) is 0.985. The van der Waals surface area contributed by atoms with Gasteiger partial charge < -0.3 is 10.2 Å². The van der Waals surface area contributed by atoms with E-state index in [1.54, 1.807) is 31.3 Å². The van der Waals surface area contributed by atoms with Crippen molar-refractivity contribution < 1.29 is 14.0 Å². The van der Waals surface area contributed by atoms with Crippen LogP contribution in [0.1, 0.15) is 35.6 Å². The van der Waals surface area contributed by atoms with E-state index in [0.29, 0.717) is 18.4 Å². The van der Waals surface area contributed by atoms with Gasteiger partial charge in [-0.15, -0.1) is 0 Å². The standard InChI is InChI=1S/C23H24FN3O2/c1-4-23(13-16-8-10-18(24)11-9-16)22(29)27(3)20(21(28)26-23)12-19-15(2)6-5-7-17(19)14-25/h5-11,20H,4,12-13H2,1-3H3,(H,26,28). The zero-order valence-corrected chi connectivity index (χ0v) is 16.8. The van der Waals surface area contributed by atoms with Crippen LogP contribution in [0.4, 0.5) is 4.39 Å². The van der Waals surface area contributed by atoms with Crippen LogP contribution < -0.4 is 5.32 Å². The van der Waals surface area contributed by atoms with Gasteiger partial charge in [-0.05, 0) is 48.2 Å². The minimum Gasteiger partial charge on any atom is -0.340 e. The first kappa shape index (κ1) is 20.5. The largest absolute Gasteiger partial charge is 0.340 e. The highest BCUT2D eigenvalue weighted by Crippen LogP contribution is 2.28. The van der Waals surface area contributed by atoms with E-state index < -0.39 is 11.6 Å². The Kier molecular flexibility index (Phi) is 5.69. The van der Waals surface area contributed by atoms with Crippen molar-refractivity contribution in [3.63, 3.8) is 0 Å². The molecule has 1 N–H and O–H groups in total. The quantitative estimate of drug-likeness (QED) is 0.849. The fourth-order valence-corrected chi connectivity index (χ4v) is 3.96. The van der Waals surface area contributed by atoms with E-state index in [9.17, 15) is 19.2 Å². The summed E-state index contributed by atoms with van der Waals surface area (Å²) in [6, 6.07) is 12.8. The van der Waals surface area contributed by atoms with Crippen molar-refractivity contribution in [3.8, 4) is 6.07 Å². The number of aryl methyl sites for hydroxylation is 1. The molecule has 0 aromatic heterocycles. The Bertz CT molecular complexity index is 981. The van der Waals surface area contributed by atoms with Gasteiger partial charge in [0, 0.05) is 19.9 Å². The first-order valence-electron chi connectivity index (χ1n) is 9.63. The summed E-state index contributed by atoms with van der Waals surface area (Å²) >= 11 is 0. The molecule has 150 valence electrons. The molecule has 0 bridgehead atoms. The molecule has 2 unspecified atom stereocenters. The first-order valence-corrected chi connectivity index (χ1v) is 9.63. The first-order chi connectivity index (χ1) is 13.8. The van der Waals surface area contributed by atoms with Crippen molar-refractivity contribution in [2.75, 3.05) is 7.05 Å². The van der Waals surface area contributed by atoms with Gasteiger partial charge in [0.25, 0.3) is 0 Å². The maximum Gasteiger partial charge on any atom is 0.249 e. The van der Waals surface area contributed by atoms with Gasteiger partial charge in [0.15, 0.2) is 0 Å². The van der Waals surface area contributed by atoms with Crippen molar-refractivity contribution in [1.82, 2.24) is 10.2 Å². The zero-order chi connectivity index (χ0) is 21.2. The molecule has 2 atom stereocenters. The smallest absolute Gasteiger partial charge is 0.249 e. The van der Waals surface area contributed by atoms with Crippen LogP contribution in [-0.2, 0) is 22.4 Å². The fourth-order valence-electron chi connectivity index (χ4n) is 3.96. The summed E-state index contributed by atoms with van der Waals surface area (Å²) in [5, 5.41) is 12.3. The van der Waals surface area contributed by atoms with Gasteiger partial charge in [0.2, 0.25) is 11.8 Å². The number of amides is 2. The lowest BCUT2D eigenvalue weighted by Crippen LogP contribution is -2.70. The molecule has 6 heteroatoms. The summed E-state index contributed by atoms with van der Waals surface area (Å²) < 4.78 is 13.2. The number of nitrogens with zero attached hydrogens (tertiary/aromatic N) is 2. The Hall–Kier alpha value is -3.20. The second kappa shape index (κ2) is 8.04. The summed E-state index contributed by atoms with van der Waals surface area (Å²) in [7, 11) is 1.63. The molecule has 1 saturated heterocycles. The van der Waals surface area contributed by atoms with E-state index in [1.165, 1.54) is 17.0 Å². The van der Waals surface area contributed by atoms with Gasteiger partial charge in [0.1, 0.15) is 17.4 Å². The second-order valence-electron chi connectivity index (χ2n) is 7.58. The minimum atomic E-state index is -1.07. The number of benzene rings is 2. The Morgan fingerprint density at radius 2 is 1.90 bits per heavy atom. The lowest BCUT2D eigenvalue weighted by atomic mass is 9.82. The molecule has 2 aromatic rings. The number of halogens is 1. The third kappa shape index (κ3) is 3.86. The number of hydrogen-bond acceptors (Lipinski definition) is 3. The Labute approximate surface area is 170 Å². The van der Waals surface area contributed by atoms with Gasteiger partial charge >= 0.3 is 0 Å². The molecule has 3 rings (SSSR count). The minimum absolute atomic E-state index is 0.180. The monoisotopic (exact) mass is 393 g/mol. The maximum atomic E-state index is 13.3. The summed E-state index contributed by atoms with van der Waals surface area (Å²) in [5.41, 5.74) is 1.91. The number of nitriles is 1. The van der Waals surface area contributed by atoms with Crippen LogP contribution in [0, 0.1) is 24.1 Å². The van der Waals surface area contributed by atoms with Crippen LogP contribution in [0.15, 0.2) is 42.5 Å². The molecular formula is C23H24FN3O2. The van der Waals surface area contributed by atoms with Crippen LogP contribution >= 0.6 is 0 Å². The topological polar surface area (TPSA) is 73.2 Å². The molecule has 0 aliphatic carbocycles. The Balaban J connectivity index is 1.88. The normalized spacial score (nSPS) is 21.6. The lowest BCUT2D eigenvalue weighted by Gasteiger charge is -2.44. The molecule has 1 heterocycles. The van der Waals surface area contributed by atoms with Crippen LogP contribution in [0.5, 0.6) is 0 Å². The molecule has 0 radical (unpaired) electrons. The zero-order valence-electron chi connectivity index (χ0n) is 16.8. The number of carbonyl (C=O) groups excluding carboxylic acids is 2. The summed E-state index contributed by atoms with van der Waals surface area (Å²) in [4.78, 5) is 27.8. The van der Waals surface area contributed by atoms with E-state index in [-0.39, 0.29) is 24.1 Å². The third-order valence-electron chi connectivity index (χ3n) is 5.81. The molecule has 1 aliphatic heterocycles. The van der Waals surface area contributed by atoms with E-state index >= 15 is 0 Å². The molecule has 5 nitrogen and oxygen atoms in total. The van der Waals surface area contributed by atoms with Crippen LogP contribution in [0.2, 0.25) is 0 Å². The molecule has 1 fully saturated rings. The number of piperazine rings is 1. The van der Waals surface area contributed by atoms with Crippen molar-refractivity contribution in [1.29, 1.82) is 5.26 Å². The van der Waals surface area contributed by atoms with Gasteiger partial charge in [-0.1, -0.05) is 31.2 Å². The van der Waals surface area contributed by atoms with Gasteiger partial charge in [0.05, 0.1) is 11.6 Å². The van der Waals surface area contributed by atoms with Crippen LogP contribution in [0.25, 0.3) is 0 Å². The Morgan fingerprint density at radius 3 is 2.52 bits per heavy atom. The van der Waals surface area contributed by atoms with Crippen molar-refractivity contribution in [3.05, 3.63) is 70.5 Å². The average Bonchev–Trinajstić information content (AvgIpc) is 2.71. The SMILES string of the molecule is CCC1(Cc2ccc(F)cc2)NC(=O)C(Cc2c(C)cccc2C#N)N(C)C1=O. The molecular weight excluding hydrogens is 369 g/mol. The number of likely N-dealkylation sites (N-methyl/N-ethyl adjacent to an activating group) is 1.